The summed E-state index contributed by atoms with van der Waals surface area (Å²) in [7, 11) is 0. The van der Waals surface area contributed by atoms with Crippen molar-refractivity contribution in [3.05, 3.63) is 86.9 Å². The van der Waals surface area contributed by atoms with Crippen LogP contribution in [-0.4, -0.2) is 20.8 Å². The highest BCUT2D eigenvalue weighted by Gasteiger charge is 2.19. The number of para-hydroxylation sites is 1. The van der Waals surface area contributed by atoms with Gasteiger partial charge in [0.1, 0.15) is 11.1 Å². The molecule has 4 aromatic rings. The summed E-state index contributed by atoms with van der Waals surface area (Å²) in [6.07, 6.45) is 1.49. The molecule has 0 N–H and O–H groups in total. The zero-order valence-electron chi connectivity index (χ0n) is 12.7. The molecule has 0 spiro atoms. The number of benzene rings is 2. The highest BCUT2D eigenvalue weighted by molar-refractivity contribution is 9.10. The Balaban J connectivity index is 1.73. The van der Waals surface area contributed by atoms with E-state index in [1.165, 1.54) is 16.9 Å². The third-order valence-corrected chi connectivity index (χ3v) is 4.23. The van der Waals surface area contributed by atoms with E-state index >= 15 is 0 Å². The van der Waals surface area contributed by atoms with E-state index in [2.05, 4.69) is 26.2 Å². The number of carbonyl (C=O) groups is 1. The Morgan fingerprint density at radius 3 is 2.64 bits per heavy atom. The molecule has 2 heterocycles. The molecule has 0 aliphatic carbocycles. The molecule has 122 valence electrons. The summed E-state index contributed by atoms with van der Waals surface area (Å²) in [4.78, 5) is 24.7. The normalized spacial score (nSPS) is 10.9. The van der Waals surface area contributed by atoms with Crippen LogP contribution in [0.25, 0.3) is 16.7 Å². The van der Waals surface area contributed by atoms with Crippen LogP contribution in [0.3, 0.4) is 0 Å². The number of fused-ring (bicyclic) bond motifs is 1. The predicted octanol–water partition coefficient (Wildman–Crippen LogP) is 3.37. The zero-order valence-corrected chi connectivity index (χ0v) is 14.3. The minimum absolute atomic E-state index is 0.0680. The van der Waals surface area contributed by atoms with Crippen LogP contribution in [0.15, 0.2) is 74.5 Å². The molecule has 0 atom stereocenters. The molecule has 0 saturated heterocycles. The summed E-state index contributed by atoms with van der Waals surface area (Å²) in [6.45, 7) is 0. The lowest BCUT2D eigenvalue weighted by Gasteiger charge is -2.00. The van der Waals surface area contributed by atoms with Gasteiger partial charge in [0.15, 0.2) is 5.69 Å². The minimum Gasteiger partial charge on any atom is -0.422 e. The second-order valence-corrected chi connectivity index (χ2v) is 6.25. The fourth-order valence-electron chi connectivity index (χ4n) is 2.45. The molecule has 4 rings (SSSR count). The van der Waals surface area contributed by atoms with E-state index in [1.54, 1.807) is 24.3 Å². The third-order valence-electron chi connectivity index (χ3n) is 3.70. The van der Waals surface area contributed by atoms with E-state index < -0.39 is 11.4 Å². The molecule has 0 bridgehead atoms. The van der Waals surface area contributed by atoms with Crippen molar-refractivity contribution >= 4 is 32.7 Å². The number of halogens is 1. The van der Waals surface area contributed by atoms with Crippen molar-refractivity contribution in [1.82, 2.24) is 15.0 Å². The van der Waals surface area contributed by atoms with E-state index in [4.69, 9.17) is 4.42 Å². The van der Waals surface area contributed by atoms with Gasteiger partial charge in [-0.15, -0.1) is 5.10 Å². The topological polar surface area (TPSA) is 78.0 Å². The SMILES string of the molecule is O=C(c1cn(-c2ccc(Br)cc2)nn1)c1cc2ccccc2oc1=O. The van der Waals surface area contributed by atoms with E-state index in [9.17, 15) is 9.59 Å². The average Bonchev–Trinajstić information content (AvgIpc) is 3.11. The Kier molecular flexibility index (Phi) is 3.77. The standard InChI is InChI=1S/C18H10BrN3O3/c19-12-5-7-13(8-6-12)22-10-15(20-21-22)17(23)14-9-11-3-1-2-4-16(11)25-18(14)24/h1-10H. The molecule has 0 amide bonds. The first-order valence-corrected chi connectivity index (χ1v) is 8.17. The molecule has 0 radical (unpaired) electrons. The molecular weight excluding hydrogens is 386 g/mol. The smallest absolute Gasteiger partial charge is 0.347 e. The highest BCUT2D eigenvalue weighted by Crippen LogP contribution is 2.16. The first kappa shape index (κ1) is 15.5. The minimum atomic E-state index is -0.693. The van der Waals surface area contributed by atoms with Crippen LogP contribution in [0, 0.1) is 0 Å². The molecule has 0 unspecified atom stereocenters. The number of carbonyl (C=O) groups excluding carboxylic acids is 1. The number of nitrogens with zero attached hydrogens (tertiary/aromatic N) is 3. The second kappa shape index (κ2) is 6.10. The Morgan fingerprint density at radius 2 is 1.84 bits per heavy atom. The molecule has 25 heavy (non-hydrogen) atoms. The molecule has 0 aliphatic rings. The van der Waals surface area contributed by atoms with Crippen molar-refractivity contribution in [3.63, 3.8) is 0 Å². The van der Waals surface area contributed by atoms with E-state index in [0.29, 0.717) is 11.0 Å². The Morgan fingerprint density at radius 1 is 1.08 bits per heavy atom. The van der Waals surface area contributed by atoms with E-state index in [0.717, 1.165) is 10.2 Å². The lowest BCUT2D eigenvalue weighted by Crippen LogP contribution is -2.15. The summed E-state index contributed by atoms with van der Waals surface area (Å²) in [6, 6.07) is 15.9. The molecule has 6 nitrogen and oxygen atoms in total. The number of ketones is 1. The van der Waals surface area contributed by atoms with Gasteiger partial charge in [-0.3, -0.25) is 4.79 Å². The summed E-state index contributed by atoms with van der Waals surface area (Å²) >= 11 is 3.36. The van der Waals surface area contributed by atoms with Crippen LogP contribution < -0.4 is 5.63 Å². The lowest BCUT2D eigenvalue weighted by atomic mass is 10.1. The Hall–Kier alpha value is -3.06. The number of hydrogen-bond acceptors (Lipinski definition) is 5. The average molecular weight is 396 g/mol. The van der Waals surface area contributed by atoms with Gasteiger partial charge in [0.25, 0.3) is 0 Å². The van der Waals surface area contributed by atoms with Crippen LogP contribution in [-0.2, 0) is 0 Å². The summed E-state index contributed by atoms with van der Waals surface area (Å²) in [5.74, 6) is -0.525. The van der Waals surface area contributed by atoms with Crippen molar-refractivity contribution < 1.29 is 9.21 Å². The Labute approximate surface area is 149 Å². The fraction of sp³-hybridized carbons (Fsp3) is 0. The largest absolute Gasteiger partial charge is 0.422 e. The van der Waals surface area contributed by atoms with Crippen LogP contribution in [0.5, 0.6) is 0 Å². The Bertz CT molecular complexity index is 1150. The van der Waals surface area contributed by atoms with Crippen LogP contribution in [0.2, 0.25) is 0 Å². The van der Waals surface area contributed by atoms with Crippen LogP contribution in [0.1, 0.15) is 16.1 Å². The van der Waals surface area contributed by atoms with Gasteiger partial charge in [-0.25, -0.2) is 9.48 Å². The summed E-state index contributed by atoms with van der Waals surface area (Å²) in [5.41, 5.74) is 0.497. The van der Waals surface area contributed by atoms with E-state index in [-0.39, 0.29) is 11.3 Å². The molecule has 2 aromatic carbocycles. The number of aromatic nitrogens is 3. The fourth-order valence-corrected chi connectivity index (χ4v) is 2.71. The molecular formula is C18H10BrN3O3. The zero-order chi connectivity index (χ0) is 17.4. The van der Waals surface area contributed by atoms with Crippen molar-refractivity contribution in [1.29, 1.82) is 0 Å². The molecule has 0 saturated carbocycles. The van der Waals surface area contributed by atoms with Gasteiger partial charge in [0, 0.05) is 9.86 Å². The predicted molar refractivity (Wildman–Crippen MR) is 95.0 cm³/mol. The van der Waals surface area contributed by atoms with Gasteiger partial charge in [-0.05, 0) is 36.4 Å². The van der Waals surface area contributed by atoms with Crippen LogP contribution >= 0.6 is 15.9 Å². The van der Waals surface area contributed by atoms with Crippen molar-refractivity contribution in [2.24, 2.45) is 0 Å². The maximum atomic E-state index is 12.6. The number of rotatable bonds is 3. The van der Waals surface area contributed by atoms with Gasteiger partial charge in [-0.2, -0.15) is 0 Å². The maximum Gasteiger partial charge on any atom is 0.347 e. The third kappa shape index (κ3) is 2.89. The molecule has 0 aliphatic heterocycles. The quantitative estimate of drug-likeness (QED) is 0.392. The molecule has 7 heteroatoms. The van der Waals surface area contributed by atoms with Gasteiger partial charge >= 0.3 is 5.63 Å². The van der Waals surface area contributed by atoms with E-state index in [1.807, 2.05) is 24.3 Å². The van der Waals surface area contributed by atoms with Crippen LogP contribution in [0.4, 0.5) is 0 Å². The molecule has 0 fully saturated rings. The second-order valence-electron chi connectivity index (χ2n) is 5.34. The highest BCUT2D eigenvalue weighted by atomic mass is 79.9. The number of hydrogen-bond donors (Lipinski definition) is 0. The van der Waals surface area contributed by atoms with Gasteiger partial charge in [0.05, 0.1) is 11.9 Å². The van der Waals surface area contributed by atoms with Gasteiger partial charge < -0.3 is 4.42 Å². The summed E-state index contributed by atoms with van der Waals surface area (Å²) in [5, 5.41) is 8.51. The first-order valence-electron chi connectivity index (χ1n) is 7.38. The molecule has 2 aromatic heterocycles. The monoisotopic (exact) mass is 395 g/mol. The van der Waals surface area contributed by atoms with Crippen molar-refractivity contribution in [2.45, 2.75) is 0 Å². The first-order chi connectivity index (χ1) is 12.1. The lowest BCUT2D eigenvalue weighted by molar-refractivity contribution is 0.103. The van der Waals surface area contributed by atoms with Gasteiger partial charge in [-0.1, -0.05) is 39.3 Å². The maximum absolute atomic E-state index is 12.6. The summed E-state index contributed by atoms with van der Waals surface area (Å²) < 4.78 is 7.61. The van der Waals surface area contributed by atoms with Crippen molar-refractivity contribution in [2.75, 3.05) is 0 Å². The van der Waals surface area contributed by atoms with Crippen molar-refractivity contribution in [3.8, 4) is 5.69 Å². The van der Waals surface area contributed by atoms with Gasteiger partial charge in [0.2, 0.25) is 5.78 Å².